The van der Waals surface area contributed by atoms with Crippen LogP contribution in [0.15, 0.2) is 39.6 Å². The second-order valence-corrected chi connectivity index (χ2v) is 5.34. The summed E-state index contributed by atoms with van der Waals surface area (Å²) in [5, 5.41) is 21.3. The third kappa shape index (κ3) is 3.30. The fourth-order valence-electron chi connectivity index (χ4n) is 2.06. The normalized spacial score (nSPS) is 11.6. The molecule has 21 heavy (non-hydrogen) atoms. The summed E-state index contributed by atoms with van der Waals surface area (Å²) in [4.78, 5) is 4.95. The van der Waals surface area contributed by atoms with E-state index < -0.39 is 0 Å². The molecule has 0 saturated carbocycles. The Kier molecular flexibility index (Phi) is 5.10. The number of rotatable bonds is 5. The third-order valence-electron chi connectivity index (χ3n) is 3.04. The van der Waals surface area contributed by atoms with Crippen LogP contribution in [-0.4, -0.2) is 26.2 Å². The zero-order valence-electron chi connectivity index (χ0n) is 11.9. The Balaban J connectivity index is 2.55. The van der Waals surface area contributed by atoms with Crippen LogP contribution in [0.5, 0.6) is 0 Å². The molecule has 7 heteroatoms. The van der Waals surface area contributed by atoms with Crippen molar-refractivity contribution in [2.24, 2.45) is 10.9 Å². The van der Waals surface area contributed by atoms with Crippen molar-refractivity contribution < 1.29 is 5.21 Å². The van der Waals surface area contributed by atoms with Crippen LogP contribution in [-0.2, 0) is 12.8 Å². The number of hydrogen-bond acceptors (Lipinski definition) is 6. The van der Waals surface area contributed by atoms with Gasteiger partial charge in [-0.05, 0) is 30.5 Å². The first kappa shape index (κ1) is 15.2. The van der Waals surface area contributed by atoms with Gasteiger partial charge in [-0.3, -0.25) is 4.98 Å². The van der Waals surface area contributed by atoms with Gasteiger partial charge in [0, 0.05) is 17.3 Å². The summed E-state index contributed by atoms with van der Waals surface area (Å²) in [6.07, 6.45) is 4.91. The van der Waals surface area contributed by atoms with Gasteiger partial charge in [0.1, 0.15) is 5.03 Å². The highest BCUT2D eigenvalue weighted by molar-refractivity contribution is 7.99. The van der Waals surface area contributed by atoms with E-state index in [0.717, 1.165) is 29.0 Å². The lowest BCUT2D eigenvalue weighted by molar-refractivity contribution is 0.318. The van der Waals surface area contributed by atoms with Crippen molar-refractivity contribution in [3.63, 3.8) is 0 Å². The van der Waals surface area contributed by atoms with Gasteiger partial charge in [-0.2, -0.15) is 5.10 Å². The zero-order chi connectivity index (χ0) is 15.2. The van der Waals surface area contributed by atoms with Gasteiger partial charge in [0.2, 0.25) is 0 Å². The minimum Gasteiger partial charge on any atom is -0.409 e. The second-order valence-electron chi connectivity index (χ2n) is 4.28. The SMILES string of the molecule is CCc1nnc(Sc2ccncc2)c(/C(N)=N/O)c1CC. The predicted octanol–water partition coefficient (Wildman–Crippen LogP) is 2.24. The fourth-order valence-corrected chi connectivity index (χ4v) is 2.95. The topological polar surface area (TPSA) is 97.3 Å². The van der Waals surface area contributed by atoms with Gasteiger partial charge in [-0.15, -0.1) is 5.10 Å². The fraction of sp³-hybridized carbons (Fsp3) is 0.286. The third-order valence-corrected chi connectivity index (χ3v) is 4.03. The van der Waals surface area contributed by atoms with Crippen molar-refractivity contribution in [2.75, 3.05) is 0 Å². The van der Waals surface area contributed by atoms with Crippen molar-refractivity contribution in [3.8, 4) is 0 Å². The van der Waals surface area contributed by atoms with Crippen molar-refractivity contribution in [3.05, 3.63) is 41.3 Å². The average Bonchev–Trinajstić information content (AvgIpc) is 2.54. The second kappa shape index (κ2) is 7.03. The lowest BCUT2D eigenvalue weighted by atomic mass is 10.0. The maximum Gasteiger partial charge on any atom is 0.173 e. The standard InChI is InChI=1S/C14H17N5OS/c1-3-10-11(4-2)17-18-14(12(10)13(15)19-20)21-9-5-7-16-8-6-9/h5-8,20H,3-4H2,1-2H3,(H2,15,19). The lowest BCUT2D eigenvalue weighted by Gasteiger charge is -2.13. The van der Waals surface area contributed by atoms with Crippen LogP contribution < -0.4 is 5.73 Å². The Morgan fingerprint density at radius 3 is 2.52 bits per heavy atom. The van der Waals surface area contributed by atoms with Crippen molar-refractivity contribution >= 4 is 17.6 Å². The summed E-state index contributed by atoms with van der Waals surface area (Å²) >= 11 is 1.42. The van der Waals surface area contributed by atoms with E-state index >= 15 is 0 Å². The van der Waals surface area contributed by atoms with Crippen molar-refractivity contribution in [1.29, 1.82) is 0 Å². The van der Waals surface area contributed by atoms with E-state index in [2.05, 4.69) is 20.3 Å². The molecule has 0 aromatic carbocycles. The number of pyridine rings is 1. The van der Waals surface area contributed by atoms with Gasteiger partial charge in [0.15, 0.2) is 5.84 Å². The summed E-state index contributed by atoms with van der Waals surface area (Å²) in [5.41, 5.74) is 8.36. The van der Waals surface area contributed by atoms with Gasteiger partial charge < -0.3 is 10.9 Å². The first-order chi connectivity index (χ1) is 10.2. The van der Waals surface area contributed by atoms with Gasteiger partial charge in [-0.1, -0.05) is 30.8 Å². The molecule has 3 N–H and O–H groups in total. The lowest BCUT2D eigenvalue weighted by Crippen LogP contribution is -2.20. The molecule has 0 saturated heterocycles. The highest BCUT2D eigenvalue weighted by atomic mass is 32.2. The van der Waals surface area contributed by atoms with Crippen LogP contribution in [0.1, 0.15) is 30.7 Å². The molecular weight excluding hydrogens is 286 g/mol. The van der Waals surface area contributed by atoms with E-state index in [0.29, 0.717) is 10.6 Å². The molecule has 0 radical (unpaired) electrons. The molecule has 0 aliphatic heterocycles. The average molecular weight is 303 g/mol. The molecule has 0 amide bonds. The van der Waals surface area contributed by atoms with Crippen LogP contribution in [0.3, 0.4) is 0 Å². The number of aromatic nitrogens is 3. The molecule has 2 aromatic heterocycles. The molecule has 0 bridgehead atoms. The summed E-state index contributed by atoms with van der Waals surface area (Å²) in [6.45, 7) is 4.03. The minimum atomic E-state index is 0.0630. The van der Waals surface area contributed by atoms with Gasteiger partial charge in [-0.25, -0.2) is 0 Å². The molecule has 0 aliphatic carbocycles. The first-order valence-corrected chi connectivity index (χ1v) is 7.47. The number of amidine groups is 1. The van der Waals surface area contributed by atoms with Crippen molar-refractivity contribution in [1.82, 2.24) is 15.2 Å². The number of nitrogens with two attached hydrogens (primary N) is 1. The smallest absolute Gasteiger partial charge is 0.173 e. The summed E-state index contributed by atoms with van der Waals surface area (Å²) in [5.74, 6) is 0.0630. The van der Waals surface area contributed by atoms with E-state index in [-0.39, 0.29) is 5.84 Å². The molecule has 110 valence electrons. The predicted molar refractivity (Wildman–Crippen MR) is 81.7 cm³/mol. The number of hydrogen-bond donors (Lipinski definition) is 2. The van der Waals surface area contributed by atoms with Crippen LogP contribution in [0.2, 0.25) is 0 Å². The number of aryl methyl sites for hydroxylation is 1. The Hall–Kier alpha value is -2.15. The van der Waals surface area contributed by atoms with Gasteiger partial charge >= 0.3 is 0 Å². The van der Waals surface area contributed by atoms with Crippen molar-refractivity contribution in [2.45, 2.75) is 36.6 Å². The minimum absolute atomic E-state index is 0.0630. The molecule has 0 fully saturated rings. The van der Waals surface area contributed by atoms with E-state index in [9.17, 15) is 0 Å². The highest BCUT2D eigenvalue weighted by Crippen LogP contribution is 2.30. The molecule has 0 unspecified atom stereocenters. The summed E-state index contributed by atoms with van der Waals surface area (Å²) < 4.78 is 0. The maximum atomic E-state index is 9.06. The Bertz CT molecular complexity index is 645. The summed E-state index contributed by atoms with van der Waals surface area (Å²) in [7, 11) is 0. The Labute approximate surface area is 127 Å². The first-order valence-electron chi connectivity index (χ1n) is 6.65. The van der Waals surface area contributed by atoms with E-state index in [4.69, 9.17) is 10.9 Å². The molecule has 0 aliphatic rings. The molecule has 0 atom stereocenters. The number of oxime groups is 1. The Morgan fingerprint density at radius 2 is 1.95 bits per heavy atom. The maximum absolute atomic E-state index is 9.06. The van der Waals surface area contributed by atoms with Gasteiger partial charge in [0.25, 0.3) is 0 Å². The molecule has 6 nitrogen and oxygen atoms in total. The van der Waals surface area contributed by atoms with Crippen LogP contribution >= 0.6 is 11.8 Å². The quantitative estimate of drug-likeness (QED) is 0.380. The highest BCUT2D eigenvalue weighted by Gasteiger charge is 2.18. The van der Waals surface area contributed by atoms with E-state index in [1.165, 1.54) is 11.8 Å². The number of nitrogens with zero attached hydrogens (tertiary/aromatic N) is 4. The zero-order valence-corrected chi connectivity index (χ0v) is 12.8. The van der Waals surface area contributed by atoms with Crippen LogP contribution in [0.4, 0.5) is 0 Å². The Morgan fingerprint density at radius 1 is 1.24 bits per heavy atom. The summed E-state index contributed by atoms with van der Waals surface area (Å²) in [6, 6.07) is 3.75. The molecule has 2 rings (SSSR count). The largest absolute Gasteiger partial charge is 0.409 e. The molecule has 2 heterocycles. The van der Waals surface area contributed by atoms with E-state index in [1.54, 1.807) is 12.4 Å². The van der Waals surface area contributed by atoms with E-state index in [1.807, 2.05) is 26.0 Å². The molecular formula is C14H17N5OS. The molecule has 0 spiro atoms. The van der Waals surface area contributed by atoms with Crippen LogP contribution in [0, 0.1) is 0 Å². The monoisotopic (exact) mass is 303 g/mol. The van der Waals surface area contributed by atoms with Crippen LogP contribution in [0.25, 0.3) is 0 Å². The van der Waals surface area contributed by atoms with Gasteiger partial charge in [0.05, 0.1) is 11.3 Å². The molecule has 2 aromatic rings.